The number of aliphatic hydroxyl groups is 1. The molecule has 0 radical (unpaired) electrons. The summed E-state index contributed by atoms with van der Waals surface area (Å²) in [5, 5.41) is 9.63. The van der Waals surface area contributed by atoms with Crippen LogP contribution < -0.4 is 5.73 Å². The van der Waals surface area contributed by atoms with Crippen LogP contribution in [0.1, 0.15) is 30.7 Å². The molecule has 1 aliphatic rings. The van der Waals surface area contributed by atoms with Crippen molar-refractivity contribution in [3.8, 4) is 0 Å². The van der Waals surface area contributed by atoms with E-state index in [0.717, 1.165) is 6.42 Å². The van der Waals surface area contributed by atoms with E-state index in [4.69, 9.17) is 5.73 Å². The van der Waals surface area contributed by atoms with Gasteiger partial charge in [-0.05, 0) is 30.5 Å². The number of benzene rings is 1. The lowest BCUT2D eigenvalue weighted by Crippen LogP contribution is -2.43. The molecule has 3 unspecified atom stereocenters. The minimum atomic E-state index is -3.30. The Kier molecular flexibility index (Phi) is 4.78. The molecule has 0 aliphatic carbocycles. The predicted molar refractivity (Wildman–Crippen MR) is 75.6 cm³/mol. The minimum absolute atomic E-state index is 0.0800. The van der Waals surface area contributed by atoms with E-state index in [1.807, 2.05) is 0 Å². The third-order valence-corrected chi connectivity index (χ3v) is 6.25. The molecule has 1 aromatic carbocycles. The zero-order valence-electron chi connectivity index (χ0n) is 11.2. The van der Waals surface area contributed by atoms with Crippen molar-refractivity contribution in [1.82, 2.24) is 0 Å². The molecule has 0 aromatic heterocycles. The molecule has 3 N–H and O–H groups in total. The first-order chi connectivity index (χ1) is 9.45. The molecule has 0 amide bonds. The third kappa shape index (κ3) is 3.19. The summed E-state index contributed by atoms with van der Waals surface area (Å²) in [5.41, 5.74) is 6.22. The fourth-order valence-electron chi connectivity index (χ4n) is 2.83. The molecule has 1 fully saturated rings. The van der Waals surface area contributed by atoms with Gasteiger partial charge in [0.15, 0.2) is 9.84 Å². The summed E-state index contributed by atoms with van der Waals surface area (Å²) < 4.78 is 37.4. The molecule has 1 saturated heterocycles. The summed E-state index contributed by atoms with van der Waals surface area (Å²) in [6.07, 6.45) is 0.766. The number of rotatable bonds is 4. The van der Waals surface area contributed by atoms with Crippen LogP contribution in [0.15, 0.2) is 24.3 Å². The first-order valence-electron chi connectivity index (χ1n) is 6.81. The molecule has 1 aromatic rings. The summed E-state index contributed by atoms with van der Waals surface area (Å²) in [5.74, 6) is -0.877. The van der Waals surface area contributed by atoms with Crippen molar-refractivity contribution in [2.45, 2.75) is 36.5 Å². The Morgan fingerprint density at radius 2 is 2.15 bits per heavy atom. The van der Waals surface area contributed by atoms with Gasteiger partial charge >= 0.3 is 0 Å². The molecule has 4 nitrogen and oxygen atoms in total. The van der Waals surface area contributed by atoms with Crippen molar-refractivity contribution in [3.63, 3.8) is 0 Å². The maximum absolute atomic E-state index is 13.3. The van der Waals surface area contributed by atoms with Crippen LogP contribution in [0, 0.1) is 5.82 Å². The Bertz CT molecular complexity index is 561. The van der Waals surface area contributed by atoms with E-state index in [1.54, 1.807) is 6.07 Å². The number of hydrogen-bond acceptors (Lipinski definition) is 4. The van der Waals surface area contributed by atoms with Gasteiger partial charge in [-0.25, -0.2) is 12.8 Å². The zero-order chi connectivity index (χ0) is 14.8. The van der Waals surface area contributed by atoms with Gasteiger partial charge in [0.1, 0.15) is 5.82 Å². The SMILES string of the molecule is NCC(c1cccc(F)c1)C(O)C1CCCCS1(=O)=O. The van der Waals surface area contributed by atoms with Crippen molar-refractivity contribution in [2.24, 2.45) is 5.73 Å². The second kappa shape index (κ2) is 6.20. The van der Waals surface area contributed by atoms with Gasteiger partial charge in [0.2, 0.25) is 0 Å². The lowest BCUT2D eigenvalue weighted by atomic mass is 9.90. The van der Waals surface area contributed by atoms with Crippen LogP contribution in [0.5, 0.6) is 0 Å². The van der Waals surface area contributed by atoms with Gasteiger partial charge in [-0.2, -0.15) is 0 Å². The molecule has 0 saturated carbocycles. The molecular weight excluding hydrogens is 281 g/mol. The lowest BCUT2D eigenvalue weighted by Gasteiger charge is -2.31. The average molecular weight is 301 g/mol. The molecule has 6 heteroatoms. The van der Waals surface area contributed by atoms with E-state index in [2.05, 4.69) is 0 Å². The second-order valence-electron chi connectivity index (χ2n) is 5.29. The number of nitrogens with two attached hydrogens (primary N) is 1. The quantitative estimate of drug-likeness (QED) is 0.875. The highest BCUT2D eigenvalue weighted by atomic mass is 32.2. The minimum Gasteiger partial charge on any atom is -0.391 e. The Morgan fingerprint density at radius 1 is 1.40 bits per heavy atom. The van der Waals surface area contributed by atoms with Gasteiger partial charge in [0.05, 0.1) is 17.1 Å². The molecular formula is C14H20FNO3S. The standard InChI is InChI=1S/C14H20FNO3S/c15-11-5-3-4-10(8-11)12(9-16)14(17)13-6-1-2-7-20(13,18)19/h3-5,8,12-14,17H,1-2,6-7,9,16H2. The van der Waals surface area contributed by atoms with E-state index in [-0.39, 0.29) is 12.3 Å². The number of aliphatic hydroxyl groups excluding tert-OH is 1. The van der Waals surface area contributed by atoms with Gasteiger partial charge in [-0.1, -0.05) is 18.6 Å². The van der Waals surface area contributed by atoms with Gasteiger partial charge in [0, 0.05) is 12.5 Å². The monoisotopic (exact) mass is 301 g/mol. The van der Waals surface area contributed by atoms with E-state index >= 15 is 0 Å². The first-order valence-corrected chi connectivity index (χ1v) is 8.52. The molecule has 20 heavy (non-hydrogen) atoms. The maximum Gasteiger partial charge on any atom is 0.155 e. The van der Waals surface area contributed by atoms with Crippen LogP contribution in [0.25, 0.3) is 0 Å². The van der Waals surface area contributed by atoms with Gasteiger partial charge in [-0.15, -0.1) is 0 Å². The second-order valence-corrected chi connectivity index (χ2v) is 7.63. The van der Waals surface area contributed by atoms with Gasteiger partial charge in [-0.3, -0.25) is 0 Å². The molecule has 3 atom stereocenters. The van der Waals surface area contributed by atoms with E-state index in [9.17, 15) is 17.9 Å². The van der Waals surface area contributed by atoms with Crippen LogP contribution in [-0.4, -0.2) is 37.2 Å². The van der Waals surface area contributed by atoms with E-state index < -0.39 is 32.9 Å². The van der Waals surface area contributed by atoms with Crippen molar-refractivity contribution < 1.29 is 17.9 Å². The molecule has 2 rings (SSSR count). The van der Waals surface area contributed by atoms with E-state index in [0.29, 0.717) is 18.4 Å². The Hall–Kier alpha value is -0.980. The topological polar surface area (TPSA) is 80.4 Å². The highest BCUT2D eigenvalue weighted by Crippen LogP contribution is 2.30. The molecule has 1 aliphatic heterocycles. The summed E-state index contributed by atoms with van der Waals surface area (Å²) >= 11 is 0. The Balaban J connectivity index is 2.27. The summed E-state index contributed by atoms with van der Waals surface area (Å²) in [7, 11) is -3.30. The fraction of sp³-hybridized carbons (Fsp3) is 0.571. The first kappa shape index (κ1) is 15.4. The maximum atomic E-state index is 13.3. The van der Waals surface area contributed by atoms with Crippen molar-refractivity contribution in [1.29, 1.82) is 0 Å². The molecule has 112 valence electrons. The van der Waals surface area contributed by atoms with Crippen LogP contribution in [-0.2, 0) is 9.84 Å². The van der Waals surface area contributed by atoms with Gasteiger partial charge < -0.3 is 10.8 Å². The number of halogens is 1. The largest absolute Gasteiger partial charge is 0.391 e. The number of hydrogen-bond donors (Lipinski definition) is 2. The molecule has 1 heterocycles. The summed E-state index contributed by atoms with van der Waals surface area (Å²) in [6, 6.07) is 5.81. The molecule has 0 bridgehead atoms. The molecule has 0 spiro atoms. The summed E-state index contributed by atoms with van der Waals surface area (Å²) in [4.78, 5) is 0. The fourth-order valence-corrected chi connectivity index (χ4v) is 4.88. The average Bonchev–Trinajstić information content (AvgIpc) is 2.39. The zero-order valence-corrected chi connectivity index (χ0v) is 12.0. The van der Waals surface area contributed by atoms with Crippen molar-refractivity contribution in [2.75, 3.05) is 12.3 Å². The van der Waals surface area contributed by atoms with Crippen LogP contribution >= 0.6 is 0 Å². The highest BCUT2D eigenvalue weighted by molar-refractivity contribution is 7.92. The Morgan fingerprint density at radius 3 is 2.75 bits per heavy atom. The van der Waals surface area contributed by atoms with Crippen LogP contribution in [0.4, 0.5) is 4.39 Å². The van der Waals surface area contributed by atoms with Crippen molar-refractivity contribution >= 4 is 9.84 Å². The lowest BCUT2D eigenvalue weighted by molar-refractivity contribution is 0.133. The van der Waals surface area contributed by atoms with Crippen LogP contribution in [0.3, 0.4) is 0 Å². The third-order valence-electron chi connectivity index (χ3n) is 3.95. The van der Waals surface area contributed by atoms with Crippen LogP contribution in [0.2, 0.25) is 0 Å². The Labute approximate surface area is 118 Å². The van der Waals surface area contributed by atoms with Gasteiger partial charge in [0.25, 0.3) is 0 Å². The highest BCUT2D eigenvalue weighted by Gasteiger charge is 2.38. The normalized spacial score (nSPS) is 25.1. The smallest absolute Gasteiger partial charge is 0.155 e. The summed E-state index contributed by atoms with van der Waals surface area (Å²) in [6.45, 7) is 0.0800. The number of sulfone groups is 1. The van der Waals surface area contributed by atoms with Crippen molar-refractivity contribution in [3.05, 3.63) is 35.6 Å². The van der Waals surface area contributed by atoms with E-state index in [1.165, 1.54) is 18.2 Å². The predicted octanol–water partition coefficient (Wildman–Crippen LogP) is 1.20.